The fraction of sp³-hybridized carbons (Fsp3) is 0.588. The maximum absolute atomic E-state index is 12.6. The van der Waals surface area contributed by atoms with Crippen LogP contribution >= 0.6 is 11.8 Å². The van der Waals surface area contributed by atoms with Crippen molar-refractivity contribution < 1.29 is 9.53 Å². The van der Waals surface area contributed by atoms with E-state index < -0.39 is 0 Å². The van der Waals surface area contributed by atoms with Crippen LogP contribution in [0.4, 0.5) is 5.69 Å². The summed E-state index contributed by atoms with van der Waals surface area (Å²) in [6, 6.07) is 5.48. The zero-order valence-corrected chi connectivity index (χ0v) is 14.5. The number of nitrogens with zero attached hydrogens (tertiary/aromatic N) is 1. The molecule has 1 unspecified atom stereocenters. The number of nitrogens with one attached hydrogen (secondary N) is 1. The lowest BCUT2D eigenvalue weighted by molar-refractivity contribution is -0.0129. The molecule has 1 aromatic carbocycles. The van der Waals surface area contributed by atoms with E-state index in [0.717, 1.165) is 49.8 Å². The molecule has 2 aliphatic rings. The van der Waals surface area contributed by atoms with Crippen LogP contribution in [-0.4, -0.2) is 60.7 Å². The Morgan fingerprint density at radius 2 is 2.22 bits per heavy atom. The average Bonchev–Trinajstić information content (AvgIpc) is 3.06. The highest BCUT2D eigenvalue weighted by Crippen LogP contribution is 2.33. The van der Waals surface area contributed by atoms with Gasteiger partial charge in [-0.3, -0.25) is 9.69 Å². The molecule has 2 aliphatic heterocycles. The number of thioether (sulfide) groups is 1. The topological polar surface area (TPSA) is 67.6 Å². The highest BCUT2D eigenvalue weighted by atomic mass is 32.2. The van der Waals surface area contributed by atoms with Crippen LogP contribution in [0, 0.1) is 6.92 Å². The number of benzene rings is 1. The van der Waals surface area contributed by atoms with Crippen molar-refractivity contribution in [2.75, 3.05) is 50.1 Å². The van der Waals surface area contributed by atoms with E-state index in [1.807, 2.05) is 30.8 Å². The Kier molecular flexibility index (Phi) is 5.14. The van der Waals surface area contributed by atoms with Gasteiger partial charge in [0.2, 0.25) is 0 Å². The maximum atomic E-state index is 12.6. The lowest BCUT2D eigenvalue weighted by atomic mass is 9.95. The van der Waals surface area contributed by atoms with Gasteiger partial charge in [0, 0.05) is 42.2 Å². The predicted octanol–water partition coefficient (Wildman–Crippen LogP) is 1.51. The Bertz CT molecular complexity index is 567. The zero-order valence-electron chi connectivity index (χ0n) is 13.6. The number of anilines is 1. The number of nitrogen functional groups attached to an aromatic ring is 1. The minimum Gasteiger partial charge on any atom is -0.399 e. The number of carbonyl (C=O) groups excluding carboxylic acids is 1. The molecule has 6 heteroatoms. The van der Waals surface area contributed by atoms with Crippen LogP contribution in [0.1, 0.15) is 22.3 Å². The largest absolute Gasteiger partial charge is 0.399 e. The number of morpholine rings is 1. The molecular formula is C17H25N3O2S. The number of nitrogens with two attached hydrogens (primary N) is 1. The lowest BCUT2D eigenvalue weighted by Crippen LogP contribution is -2.59. The number of aryl methyl sites for hydroxylation is 1. The molecule has 1 aromatic rings. The third-order valence-corrected chi connectivity index (χ3v) is 6.08. The van der Waals surface area contributed by atoms with E-state index >= 15 is 0 Å². The van der Waals surface area contributed by atoms with Crippen molar-refractivity contribution >= 4 is 23.4 Å². The van der Waals surface area contributed by atoms with Gasteiger partial charge in [0.1, 0.15) is 0 Å². The Balaban J connectivity index is 1.69. The van der Waals surface area contributed by atoms with E-state index in [2.05, 4.69) is 10.2 Å². The van der Waals surface area contributed by atoms with Gasteiger partial charge in [-0.25, -0.2) is 0 Å². The molecule has 0 saturated carbocycles. The number of hydrogen-bond donors (Lipinski definition) is 2. The smallest absolute Gasteiger partial charge is 0.251 e. The number of rotatable bonds is 4. The molecule has 3 rings (SSSR count). The van der Waals surface area contributed by atoms with Gasteiger partial charge in [-0.15, -0.1) is 0 Å². The predicted molar refractivity (Wildman–Crippen MR) is 95.0 cm³/mol. The van der Waals surface area contributed by atoms with Gasteiger partial charge in [0.05, 0.1) is 13.2 Å². The summed E-state index contributed by atoms with van der Waals surface area (Å²) < 4.78 is 5.48. The normalized spacial score (nSPS) is 25.4. The maximum Gasteiger partial charge on any atom is 0.251 e. The number of amides is 1. The first-order chi connectivity index (χ1) is 11.1. The molecule has 23 heavy (non-hydrogen) atoms. The Hall–Kier alpha value is -1.24. The first-order valence-electron chi connectivity index (χ1n) is 8.16. The minimum atomic E-state index is -0.0284. The highest BCUT2D eigenvalue weighted by Gasteiger charge is 2.40. The standard InChI is InChI=1S/C17H25N3O2S/c1-13-2-3-14(18)10-15(13)16(21)19-11-17(4-9-23-12-17)20-5-7-22-8-6-20/h2-3,10H,4-9,11-12,18H2,1H3,(H,19,21). The van der Waals surface area contributed by atoms with Crippen LogP contribution in [0.3, 0.4) is 0 Å². The fourth-order valence-corrected chi connectivity index (χ4v) is 4.84. The minimum absolute atomic E-state index is 0.0284. The third kappa shape index (κ3) is 3.65. The van der Waals surface area contributed by atoms with Gasteiger partial charge in [0.25, 0.3) is 5.91 Å². The summed E-state index contributed by atoms with van der Waals surface area (Å²) in [4.78, 5) is 15.1. The van der Waals surface area contributed by atoms with Crippen molar-refractivity contribution in [3.63, 3.8) is 0 Å². The van der Waals surface area contributed by atoms with Gasteiger partial charge in [-0.1, -0.05) is 6.07 Å². The summed E-state index contributed by atoms with van der Waals surface area (Å²) in [6.07, 6.45) is 1.12. The van der Waals surface area contributed by atoms with Crippen LogP contribution in [0.25, 0.3) is 0 Å². The molecule has 0 aliphatic carbocycles. The Morgan fingerprint density at radius 3 is 2.91 bits per heavy atom. The second-order valence-electron chi connectivity index (χ2n) is 6.38. The van der Waals surface area contributed by atoms with E-state index in [1.54, 1.807) is 6.07 Å². The van der Waals surface area contributed by atoms with E-state index in [-0.39, 0.29) is 11.4 Å². The van der Waals surface area contributed by atoms with Crippen molar-refractivity contribution in [3.05, 3.63) is 29.3 Å². The molecule has 1 atom stereocenters. The Morgan fingerprint density at radius 1 is 1.43 bits per heavy atom. The SMILES string of the molecule is Cc1ccc(N)cc1C(=O)NCC1(N2CCOCC2)CCSC1. The fourth-order valence-electron chi connectivity index (χ4n) is 3.36. The molecule has 0 spiro atoms. The first-order valence-corrected chi connectivity index (χ1v) is 9.31. The molecule has 0 radical (unpaired) electrons. The second kappa shape index (κ2) is 7.11. The molecule has 5 nitrogen and oxygen atoms in total. The van der Waals surface area contributed by atoms with Crippen molar-refractivity contribution in [1.29, 1.82) is 0 Å². The molecule has 2 heterocycles. The highest BCUT2D eigenvalue weighted by molar-refractivity contribution is 7.99. The summed E-state index contributed by atoms with van der Waals surface area (Å²) in [6.45, 7) is 6.11. The van der Waals surface area contributed by atoms with Crippen molar-refractivity contribution in [2.45, 2.75) is 18.9 Å². The van der Waals surface area contributed by atoms with E-state index in [4.69, 9.17) is 10.5 Å². The number of carbonyl (C=O) groups is 1. The summed E-state index contributed by atoms with van der Waals surface area (Å²) in [5.74, 6) is 2.20. The van der Waals surface area contributed by atoms with Crippen molar-refractivity contribution in [1.82, 2.24) is 10.2 Å². The molecule has 2 fully saturated rings. The van der Waals surface area contributed by atoms with Gasteiger partial charge in [0.15, 0.2) is 0 Å². The Labute approximate surface area is 141 Å². The van der Waals surface area contributed by atoms with Crippen LogP contribution in [-0.2, 0) is 4.74 Å². The van der Waals surface area contributed by atoms with E-state index in [1.165, 1.54) is 0 Å². The molecule has 126 valence electrons. The van der Waals surface area contributed by atoms with Crippen molar-refractivity contribution in [3.8, 4) is 0 Å². The molecular weight excluding hydrogens is 310 g/mol. The van der Waals surface area contributed by atoms with Crippen molar-refractivity contribution in [2.24, 2.45) is 0 Å². The van der Waals surface area contributed by atoms with Crippen LogP contribution in [0.5, 0.6) is 0 Å². The first kappa shape index (κ1) is 16.6. The van der Waals surface area contributed by atoms with Gasteiger partial charge in [-0.05, 0) is 36.8 Å². The van der Waals surface area contributed by atoms with Gasteiger partial charge in [-0.2, -0.15) is 11.8 Å². The van der Waals surface area contributed by atoms with Gasteiger partial charge >= 0.3 is 0 Å². The molecule has 0 bridgehead atoms. The van der Waals surface area contributed by atoms with Crippen LogP contribution in [0.15, 0.2) is 18.2 Å². The van der Waals surface area contributed by atoms with Crippen LogP contribution < -0.4 is 11.1 Å². The van der Waals surface area contributed by atoms with E-state index in [0.29, 0.717) is 17.8 Å². The summed E-state index contributed by atoms with van der Waals surface area (Å²) in [5.41, 5.74) is 8.14. The van der Waals surface area contributed by atoms with E-state index in [9.17, 15) is 4.79 Å². The average molecular weight is 335 g/mol. The van der Waals surface area contributed by atoms with Crippen LogP contribution in [0.2, 0.25) is 0 Å². The number of hydrogen-bond acceptors (Lipinski definition) is 5. The summed E-state index contributed by atoms with van der Waals surface area (Å²) >= 11 is 1.97. The quantitative estimate of drug-likeness (QED) is 0.817. The zero-order chi connectivity index (χ0) is 16.3. The lowest BCUT2D eigenvalue weighted by Gasteiger charge is -2.43. The molecule has 2 saturated heterocycles. The molecule has 0 aromatic heterocycles. The summed E-state index contributed by atoms with van der Waals surface area (Å²) in [5, 5.41) is 3.16. The monoisotopic (exact) mass is 335 g/mol. The number of ether oxygens (including phenoxy) is 1. The second-order valence-corrected chi connectivity index (χ2v) is 7.49. The third-order valence-electron chi connectivity index (χ3n) is 4.85. The summed E-state index contributed by atoms with van der Waals surface area (Å²) in [7, 11) is 0. The van der Waals surface area contributed by atoms with Gasteiger partial charge < -0.3 is 15.8 Å². The molecule has 3 N–H and O–H groups in total. The molecule has 1 amide bonds.